The Morgan fingerprint density at radius 1 is 0.877 bits per heavy atom. The van der Waals surface area contributed by atoms with Crippen molar-refractivity contribution in [2.75, 3.05) is 34.0 Å². The van der Waals surface area contributed by atoms with Crippen molar-refractivity contribution in [1.82, 2.24) is 19.1 Å². The first kappa shape index (κ1) is 50.9. The van der Waals surface area contributed by atoms with Crippen LogP contribution >= 0.6 is 8.53 Å². The Bertz CT molecular complexity index is 2210. The van der Waals surface area contributed by atoms with E-state index in [1.165, 1.54) is 16.8 Å². The maximum absolute atomic E-state index is 14.1. The van der Waals surface area contributed by atoms with Crippen molar-refractivity contribution >= 4 is 14.4 Å². The van der Waals surface area contributed by atoms with E-state index >= 15 is 0 Å². The van der Waals surface area contributed by atoms with E-state index in [2.05, 4.69) is 10.7 Å². The predicted molar refractivity (Wildman–Crippen MR) is 239 cm³/mol. The van der Waals surface area contributed by atoms with Crippen LogP contribution < -0.4 is 26.0 Å². The van der Waals surface area contributed by atoms with Crippen molar-refractivity contribution in [1.29, 1.82) is 5.26 Å². The number of ether oxygens (including phenoxy) is 4. The second-order valence-corrected chi connectivity index (χ2v) is 17.4. The van der Waals surface area contributed by atoms with Crippen LogP contribution in [0.3, 0.4) is 0 Å². The van der Waals surface area contributed by atoms with Gasteiger partial charge >= 0.3 is 17.8 Å². The van der Waals surface area contributed by atoms with Crippen molar-refractivity contribution in [3.8, 4) is 17.6 Å². The Hall–Kier alpha value is -5.08. The van der Waals surface area contributed by atoms with E-state index in [0.29, 0.717) is 37.2 Å². The molecule has 1 unspecified atom stereocenters. The van der Waals surface area contributed by atoms with E-state index in [9.17, 15) is 32.8 Å². The molecule has 1 N–H and O–H groups in total. The Kier molecular flexibility index (Phi) is 18.7. The Morgan fingerprint density at radius 3 is 2.02 bits per heavy atom. The average molecular weight is 926 g/mol. The molecule has 352 valence electrons. The highest BCUT2D eigenvalue weighted by Crippen LogP contribution is 2.50. The zero-order valence-electron chi connectivity index (χ0n) is 37.7. The molecule has 0 saturated carbocycles. The number of nitriles is 1. The summed E-state index contributed by atoms with van der Waals surface area (Å²) in [5, 5.41) is 11.2. The van der Waals surface area contributed by atoms with E-state index in [4.69, 9.17) is 28.0 Å². The van der Waals surface area contributed by atoms with Gasteiger partial charge in [-0.3, -0.25) is 18.7 Å². The summed E-state index contributed by atoms with van der Waals surface area (Å²) in [5.74, 6) is -0.672. The molecule has 0 spiro atoms. The number of amides is 1. The zero-order chi connectivity index (χ0) is 47.1. The first-order chi connectivity index (χ1) is 31.1. The van der Waals surface area contributed by atoms with Crippen LogP contribution in [0.15, 0.2) is 101 Å². The molecule has 14 nitrogen and oxygen atoms in total. The molecule has 1 aliphatic rings. The second-order valence-electron chi connectivity index (χ2n) is 16.0. The molecule has 1 fully saturated rings. The van der Waals surface area contributed by atoms with Gasteiger partial charge in [-0.1, -0.05) is 67.4 Å². The van der Waals surface area contributed by atoms with Gasteiger partial charge in [0.25, 0.3) is 14.1 Å². The van der Waals surface area contributed by atoms with Crippen LogP contribution in [0.1, 0.15) is 89.1 Å². The van der Waals surface area contributed by atoms with Gasteiger partial charge in [-0.25, -0.2) is 9.46 Å². The SMILES string of the molecule is COc1ccc(C(OC[C@H]2O[C@@H](n3ccc(=O)n(CCCCCCNC(=O)C(F)(F)F)c3=O)C[C@H]2OP(OCCC#N)N(C(C)C)C(C)C)(c2ccccc2)c2ccc(OC)cc2)cc1. The molecule has 5 rings (SSSR count). The average Bonchev–Trinajstić information content (AvgIpc) is 3.69. The fraction of sp³-hybridized carbons (Fsp3) is 0.489. The van der Waals surface area contributed by atoms with Crippen LogP contribution in [0.25, 0.3) is 0 Å². The normalized spacial score (nSPS) is 17.1. The summed E-state index contributed by atoms with van der Waals surface area (Å²) >= 11 is 0. The molecular weight excluding hydrogens is 867 g/mol. The van der Waals surface area contributed by atoms with E-state index in [1.807, 2.05) is 112 Å². The molecule has 3 aromatic carbocycles. The highest BCUT2D eigenvalue weighted by atomic mass is 31.2. The summed E-state index contributed by atoms with van der Waals surface area (Å²) in [6, 6.07) is 28.4. The summed E-state index contributed by atoms with van der Waals surface area (Å²) < 4.78 is 80.5. The van der Waals surface area contributed by atoms with Crippen LogP contribution in [-0.4, -0.2) is 84.2 Å². The molecular formula is C47H59F3N5O9P. The molecule has 1 saturated heterocycles. The topological polar surface area (TPSA) is 156 Å². The van der Waals surface area contributed by atoms with Crippen LogP contribution in [0.2, 0.25) is 0 Å². The Morgan fingerprint density at radius 2 is 1.46 bits per heavy atom. The summed E-state index contributed by atoms with van der Waals surface area (Å²) in [4.78, 5) is 38.3. The number of nitrogens with one attached hydrogen (secondary N) is 1. The minimum Gasteiger partial charge on any atom is -0.497 e. The van der Waals surface area contributed by atoms with Crippen LogP contribution in [0.5, 0.6) is 11.5 Å². The monoisotopic (exact) mass is 925 g/mol. The summed E-state index contributed by atoms with van der Waals surface area (Å²) in [6.45, 7) is 8.15. The Labute approximate surface area is 379 Å². The quantitative estimate of drug-likeness (QED) is 0.0411. The number of alkyl halides is 3. The van der Waals surface area contributed by atoms with Gasteiger partial charge in [0.1, 0.15) is 29.4 Å². The fourth-order valence-electron chi connectivity index (χ4n) is 7.83. The number of rotatable bonds is 24. The van der Waals surface area contributed by atoms with Crippen LogP contribution in [0, 0.1) is 11.3 Å². The predicted octanol–water partition coefficient (Wildman–Crippen LogP) is 8.22. The number of aromatic nitrogens is 2. The highest BCUT2D eigenvalue weighted by Gasteiger charge is 2.45. The molecule has 4 atom stereocenters. The molecule has 65 heavy (non-hydrogen) atoms. The number of unbranched alkanes of at least 4 members (excludes halogenated alkanes) is 3. The van der Waals surface area contributed by atoms with Crippen molar-refractivity contribution in [3.63, 3.8) is 0 Å². The highest BCUT2D eigenvalue weighted by molar-refractivity contribution is 7.44. The summed E-state index contributed by atoms with van der Waals surface area (Å²) in [7, 11) is 1.43. The first-order valence-electron chi connectivity index (χ1n) is 21.7. The molecule has 18 heteroatoms. The van der Waals surface area contributed by atoms with Gasteiger partial charge < -0.3 is 33.3 Å². The second kappa shape index (κ2) is 23.9. The zero-order valence-corrected chi connectivity index (χ0v) is 38.6. The van der Waals surface area contributed by atoms with Gasteiger partial charge in [0, 0.05) is 43.9 Å². The third-order valence-corrected chi connectivity index (χ3v) is 13.1. The van der Waals surface area contributed by atoms with Crippen molar-refractivity contribution in [3.05, 3.63) is 129 Å². The number of halogens is 3. The van der Waals surface area contributed by atoms with Gasteiger partial charge in [-0.15, -0.1) is 0 Å². The number of hydrogen-bond acceptors (Lipinski definition) is 11. The first-order valence-corrected chi connectivity index (χ1v) is 22.8. The molecule has 2 heterocycles. The lowest BCUT2D eigenvalue weighted by Crippen LogP contribution is -2.41. The van der Waals surface area contributed by atoms with E-state index in [-0.39, 0.29) is 51.2 Å². The third kappa shape index (κ3) is 13.1. The van der Waals surface area contributed by atoms with Gasteiger partial charge in [-0.05, 0) is 81.5 Å². The maximum atomic E-state index is 14.1. The van der Waals surface area contributed by atoms with Gasteiger partial charge in [0.05, 0.1) is 46.0 Å². The van der Waals surface area contributed by atoms with Crippen LogP contribution in [0.4, 0.5) is 13.2 Å². The van der Waals surface area contributed by atoms with E-state index in [0.717, 1.165) is 21.3 Å². The molecule has 0 bridgehead atoms. The number of carbonyl (C=O) groups excluding carboxylic acids is 1. The number of hydrogen-bond donors (Lipinski definition) is 1. The largest absolute Gasteiger partial charge is 0.497 e. The molecule has 1 aliphatic heterocycles. The van der Waals surface area contributed by atoms with Crippen molar-refractivity contribution < 1.29 is 46.0 Å². The number of methoxy groups -OCH3 is 2. The maximum Gasteiger partial charge on any atom is 0.471 e. The fourth-order valence-corrected chi connectivity index (χ4v) is 9.59. The third-order valence-electron chi connectivity index (χ3n) is 11.0. The molecule has 1 aromatic heterocycles. The minimum absolute atomic E-state index is 0.00305. The van der Waals surface area contributed by atoms with Gasteiger partial charge in [0.15, 0.2) is 0 Å². The molecule has 0 radical (unpaired) electrons. The molecule has 4 aromatic rings. The lowest BCUT2D eigenvalue weighted by molar-refractivity contribution is -0.173. The lowest BCUT2D eigenvalue weighted by atomic mass is 9.80. The Balaban J connectivity index is 1.50. The van der Waals surface area contributed by atoms with Crippen molar-refractivity contribution in [2.24, 2.45) is 0 Å². The molecule has 0 aliphatic carbocycles. The smallest absolute Gasteiger partial charge is 0.471 e. The summed E-state index contributed by atoms with van der Waals surface area (Å²) in [5.41, 5.74) is 0.0848. The van der Waals surface area contributed by atoms with E-state index in [1.54, 1.807) is 14.2 Å². The summed E-state index contributed by atoms with van der Waals surface area (Å²) in [6.07, 6.45) is -3.97. The molecule has 1 amide bonds. The number of benzene rings is 3. The van der Waals surface area contributed by atoms with E-state index < -0.39 is 55.9 Å². The lowest BCUT2D eigenvalue weighted by Gasteiger charge is -2.39. The number of nitrogens with zero attached hydrogens (tertiary/aromatic N) is 4. The standard InChI is InChI=1S/C47H59F3N5O9P/c1-33(2)55(34(3)4)65(62-30-14-26-51)64-40-31-43(54-29-25-42(56)53(45(54)58)28-13-8-7-12-27-52-44(57)47(48,49)50)63-41(40)32-61-46(35-15-10-9-11-16-35,36-17-21-38(59-5)22-18-36)37-19-23-39(60-6)24-20-37/h9-11,15-25,29,33-34,40-41,43H,7-8,12-14,27-28,30-32H2,1-6H3,(H,52,57)/t40-,41-,43-,65?/m1/s1. The number of carbonyl (C=O) groups is 1. The van der Waals surface area contributed by atoms with Gasteiger partial charge in [0.2, 0.25) is 0 Å². The minimum atomic E-state index is -4.95. The van der Waals surface area contributed by atoms with Crippen molar-refractivity contribution in [2.45, 2.75) is 115 Å². The van der Waals surface area contributed by atoms with Crippen LogP contribution in [-0.2, 0) is 35.5 Å². The van der Waals surface area contributed by atoms with Gasteiger partial charge in [-0.2, -0.15) is 18.4 Å².